The lowest BCUT2D eigenvalue weighted by molar-refractivity contribution is 0.388. The van der Waals surface area contributed by atoms with Crippen molar-refractivity contribution in [2.75, 3.05) is 14.2 Å². The number of thiophene rings is 1. The number of methoxy groups -OCH3 is 1. The molecule has 0 aliphatic rings. The topological polar surface area (TPSA) is 34.2 Å². The zero-order chi connectivity index (χ0) is 12.3. The van der Waals surface area contributed by atoms with Crippen LogP contribution in [0, 0.1) is 0 Å². The minimum absolute atomic E-state index is 0.00569. The predicted molar refractivity (Wildman–Crippen MR) is 71.0 cm³/mol. The summed E-state index contributed by atoms with van der Waals surface area (Å²) in [5, 5.41) is 5.98. The summed E-state index contributed by atoms with van der Waals surface area (Å²) in [6.45, 7) is 0. The third-order valence-corrected chi connectivity index (χ3v) is 3.92. The number of hydrogen-bond acceptors (Lipinski definition) is 4. The number of hydrogen-bond donors (Lipinski definition) is 1. The lowest BCUT2D eigenvalue weighted by atomic mass is 10.1. The van der Waals surface area contributed by atoms with Gasteiger partial charge in [-0.3, -0.25) is 0 Å². The maximum atomic E-state index is 6.17. The first-order valence-electron chi connectivity index (χ1n) is 5.17. The molecule has 1 unspecified atom stereocenters. The average Bonchev–Trinajstić information content (AvgIpc) is 2.78. The van der Waals surface area contributed by atoms with Gasteiger partial charge >= 0.3 is 0 Å². The molecule has 2 aromatic heterocycles. The number of ether oxygens (including phenoxy) is 1. The van der Waals surface area contributed by atoms with Crippen LogP contribution in [0.2, 0.25) is 5.02 Å². The van der Waals surface area contributed by atoms with Gasteiger partial charge in [0.05, 0.1) is 18.2 Å². The van der Waals surface area contributed by atoms with Crippen molar-refractivity contribution >= 4 is 22.9 Å². The average molecular weight is 269 g/mol. The molecule has 17 heavy (non-hydrogen) atoms. The summed E-state index contributed by atoms with van der Waals surface area (Å²) >= 11 is 7.79. The molecule has 90 valence electrons. The van der Waals surface area contributed by atoms with Crippen LogP contribution >= 0.6 is 22.9 Å². The SMILES string of the molecule is CNC(c1cccnc1OC)c1sccc1Cl. The molecule has 0 spiro atoms. The van der Waals surface area contributed by atoms with Gasteiger partial charge in [0.2, 0.25) is 5.88 Å². The molecule has 2 rings (SSSR count). The molecule has 0 aromatic carbocycles. The second-order valence-corrected chi connectivity index (χ2v) is 4.81. The van der Waals surface area contributed by atoms with E-state index in [-0.39, 0.29) is 6.04 Å². The highest BCUT2D eigenvalue weighted by molar-refractivity contribution is 7.10. The highest BCUT2D eigenvalue weighted by Gasteiger charge is 2.20. The van der Waals surface area contributed by atoms with Crippen LogP contribution in [0.4, 0.5) is 0 Å². The van der Waals surface area contributed by atoms with Gasteiger partial charge in [0.1, 0.15) is 0 Å². The molecule has 2 heterocycles. The Hall–Kier alpha value is -1.10. The molecule has 1 atom stereocenters. The highest BCUT2D eigenvalue weighted by atomic mass is 35.5. The summed E-state index contributed by atoms with van der Waals surface area (Å²) in [7, 11) is 3.52. The fraction of sp³-hybridized carbons (Fsp3) is 0.250. The van der Waals surface area contributed by atoms with Gasteiger partial charge in [0, 0.05) is 16.6 Å². The van der Waals surface area contributed by atoms with Crippen LogP contribution in [0.5, 0.6) is 5.88 Å². The summed E-state index contributed by atoms with van der Waals surface area (Å²) in [6.07, 6.45) is 1.71. The Morgan fingerprint density at radius 1 is 1.47 bits per heavy atom. The van der Waals surface area contributed by atoms with E-state index in [1.54, 1.807) is 24.6 Å². The zero-order valence-electron chi connectivity index (χ0n) is 9.61. The fourth-order valence-corrected chi connectivity index (χ4v) is 3.03. The number of aromatic nitrogens is 1. The minimum Gasteiger partial charge on any atom is -0.481 e. The third kappa shape index (κ3) is 2.44. The number of halogens is 1. The Morgan fingerprint density at radius 2 is 2.29 bits per heavy atom. The summed E-state index contributed by atoms with van der Waals surface area (Å²) in [5.74, 6) is 0.622. The van der Waals surface area contributed by atoms with E-state index in [9.17, 15) is 0 Å². The van der Waals surface area contributed by atoms with Crippen molar-refractivity contribution in [3.63, 3.8) is 0 Å². The van der Waals surface area contributed by atoms with E-state index in [0.29, 0.717) is 5.88 Å². The molecule has 0 aliphatic carbocycles. The second kappa shape index (κ2) is 5.49. The summed E-state index contributed by atoms with van der Waals surface area (Å²) in [4.78, 5) is 5.27. The predicted octanol–water partition coefficient (Wildman–Crippen LogP) is 3.11. The van der Waals surface area contributed by atoms with Gasteiger partial charge in [-0.25, -0.2) is 4.98 Å². The van der Waals surface area contributed by atoms with Gasteiger partial charge in [-0.05, 0) is 24.6 Å². The van der Waals surface area contributed by atoms with Crippen molar-refractivity contribution in [3.05, 3.63) is 45.2 Å². The van der Waals surface area contributed by atoms with Crippen molar-refractivity contribution in [2.45, 2.75) is 6.04 Å². The Kier molecular flexibility index (Phi) is 3.99. The lowest BCUT2D eigenvalue weighted by Crippen LogP contribution is -2.18. The van der Waals surface area contributed by atoms with Crippen LogP contribution < -0.4 is 10.1 Å². The molecule has 0 radical (unpaired) electrons. The van der Waals surface area contributed by atoms with E-state index in [0.717, 1.165) is 15.5 Å². The van der Waals surface area contributed by atoms with E-state index >= 15 is 0 Å². The van der Waals surface area contributed by atoms with Crippen LogP contribution in [0.3, 0.4) is 0 Å². The van der Waals surface area contributed by atoms with Crippen molar-refractivity contribution in [1.82, 2.24) is 10.3 Å². The fourth-order valence-electron chi connectivity index (χ4n) is 1.73. The normalized spacial score (nSPS) is 12.4. The standard InChI is InChI=1S/C12H13ClN2OS/c1-14-10(11-9(13)5-7-17-11)8-4-3-6-15-12(8)16-2/h3-7,10,14H,1-2H3. The molecular weight excluding hydrogens is 256 g/mol. The molecule has 1 N–H and O–H groups in total. The van der Waals surface area contributed by atoms with E-state index in [1.807, 2.05) is 30.6 Å². The smallest absolute Gasteiger partial charge is 0.218 e. The van der Waals surface area contributed by atoms with Crippen molar-refractivity contribution < 1.29 is 4.74 Å². The number of rotatable bonds is 4. The van der Waals surface area contributed by atoms with Crippen LogP contribution in [0.25, 0.3) is 0 Å². The Labute approximate surface area is 109 Å². The first-order valence-corrected chi connectivity index (χ1v) is 6.42. The quantitative estimate of drug-likeness (QED) is 0.925. The maximum absolute atomic E-state index is 6.17. The van der Waals surface area contributed by atoms with Crippen LogP contribution in [-0.2, 0) is 0 Å². The molecule has 2 aromatic rings. The number of nitrogens with one attached hydrogen (secondary N) is 1. The Bertz CT molecular complexity index is 501. The highest BCUT2D eigenvalue weighted by Crippen LogP contribution is 2.35. The second-order valence-electron chi connectivity index (χ2n) is 3.46. The first kappa shape index (κ1) is 12.4. The van der Waals surface area contributed by atoms with Gasteiger partial charge in [0.15, 0.2) is 0 Å². The molecular formula is C12H13ClN2OS. The van der Waals surface area contributed by atoms with E-state index in [4.69, 9.17) is 16.3 Å². The number of nitrogens with zero attached hydrogens (tertiary/aromatic N) is 1. The van der Waals surface area contributed by atoms with Crippen molar-refractivity contribution in [3.8, 4) is 5.88 Å². The molecule has 0 aliphatic heterocycles. The molecule has 0 amide bonds. The molecule has 5 heteroatoms. The summed E-state index contributed by atoms with van der Waals surface area (Å²) in [6, 6.07) is 5.78. The minimum atomic E-state index is 0.00569. The van der Waals surface area contributed by atoms with E-state index < -0.39 is 0 Å². The molecule has 3 nitrogen and oxygen atoms in total. The maximum Gasteiger partial charge on any atom is 0.218 e. The molecule has 0 saturated carbocycles. The molecule has 0 bridgehead atoms. The number of pyridine rings is 1. The van der Waals surface area contributed by atoms with Crippen LogP contribution in [0.1, 0.15) is 16.5 Å². The summed E-state index contributed by atoms with van der Waals surface area (Å²) in [5.41, 5.74) is 0.988. The largest absolute Gasteiger partial charge is 0.481 e. The monoisotopic (exact) mass is 268 g/mol. The first-order chi connectivity index (χ1) is 8.27. The lowest BCUT2D eigenvalue weighted by Gasteiger charge is -2.17. The summed E-state index contributed by atoms with van der Waals surface area (Å²) < 4.78 is 5.28. The molecule has 0 fully saturated rings. The van der Waals surface area contributed by atoms with Gasteiger partial charge in [0.25, 0.3) is 0 Å². The van der Waals surface area contributed by atoms with Crippen LogP contribution in [-0.4, -0.2) is 19.1 Å². The Balaban J connectivity index is 2.46. The van der Waals surface area contributed by atoms with Gasteiger partial charge in [-0.15, -0.1) is 11.3 Å². The van der Waals surface area contributed by atoms with Crippen molar-refractivity contribution in [1.29, 1.82) is 0 Å². The van der Waals surface area contributed by atoms with Crippen LogP contribution in [0.15, 0.2) is 29.8 Å². The van der Waals surface area contributed by atoms with Crippen molar-refractivity contribution in [2.24, 2.45) is 0 Å². The van der Waals surface area contributed by atoms with E-state index in [2.05, 4.69) is 10.3 Å². The van der Waals surface area contributed by atoms with Gasteiger partial charge in [-0.2, -0.15) is 0 Å². The molecule has 0 saturated heterocycles. The zero-order valence-corrected chi connectivity index (χ0v) is 11.2. The van der Waals surface area contributed by atoms with E-state index in [1.165, 1.54) is 0 Å². The third-order valence-electron chi connectivity index (χ3n) is 2.50. The van der Waals surface area contributed by atoms with Gasteiger partial charge in [-0.1, -0.05) is 17.7 Å². The Morgan fingerprint density at radius 3 is 2.88 bits per heavy atom. The van der Waals surface area contributed by atoms with Gasteiger partial charge < -0.3 is 10.1 Å².